The maximum absolute atomic E-state index is 2.56. The SMILES string of the molecule is Cc1cc(N(c2ccccc2)c2ccc(-c3ccccc3)cc2)cc2c1-c1cc3c(cc1C2(C)C)-c1c(C)cc(N(c2ccccc2)c2ccc(-c4cccc(-c5ccccc5)c4)cc2)cc1C3(C)C. The first-order chi connectivity index (χ1) is 34.0. The Labute approximate surface area is 413 Å². The van der Waals surface area contributed by atoms with E-state index in [4.69, 9.17) is 0 Å². The Bertz CT molecular complexity index is 3570. The van der Waals surface area contributed by atoms with Crippen LogP contribution >= 0.6 is 0 Å². The van der Waals surface area contributed by atoms with Crippen molar-refractivity contribution in [1.29, 1.82) is 0 Å². The van der Waals surface area contributed by atoms with E-state index in [1.165, 1.54) is 100 Å². The molecule has 0 amide bonds. The lowest BCUT2D eigenvalue weighted by Crippen LogP contribution is -2.18. The topological polar surface area (TPSA) is 6.48 Å². The molecule has 0 atom stereocenters. The van der Waals surface area contributed by atoms with E-state index in [0.29, 0.717) is 0 Å². The van der Waals surface area contributed by atoms with Crippen molar-refractivity contribution in [1.82, 2.24) is 0 Å². The molecule has 10 aromatic carbocycles. The first-order valence-electron chi connectivity index (χ1n) is 24.7. The predicted molar refractivity (Wildman–Crippen MR) is 297 cm³/mol. The van der Waals surface area contributed by atoms with Crippen LogP contribution in [0.15, 0.2) is 231 Å². The number of fused-ring (bicyclic) bond motifs is 6. The zero-order chi connectivity index (χ0) is 47.7. The molecule has 0 fully saturated rings. The molecule has 0 aliphatic heterocycles. The summed E-state index contributed by atoms with van der Waals surface area (Å²) >= 11 is 0. The van der Waals surface area contributed by atoms with Crippen molar-refractivity contribution in [2.75, 3.05) is 9.80 Å². The molecule has 0 bridgehead atoms. The summed E-state index contributed by atoms with van der Waals surface area (Å²) in [7, 11) is 0. The lowest BCUT2D eigenvalue weighted by molar-refractivity contribution is 0.652. The largest absolute Gasteiger partial charge is 0.310 e. The molecular weight excluding hydrogens is 845 g/mol. The molecule has 10 aromatic rings. The molecule has 2 nitrogen and oxygen atoms in total. The van der Waals surface area contributed by atoms with Gasteiger partial charge in [0, 0.05) is 45.0 Å². The van der Waals surface area contributed by atoms with Gasteiger partial charge in [0.15, 0.2) is 0 Å². The summed E-state index contributed by atoms with van der Waals surface area (Å²) in [6, 6.07) is 84.7. The molecule has 2 aliphatic carbocycles. The number of hydrogen-bond acceptors (Lipinski definition) is 2. The van der Waals surface area contributed by atoms with Crippen LogP contribution in [0.1, 0.15) is 61.1 Å². The highest BCUT2D eigenvalue weighted by molar-refractivity contribution is 5.95. The van der Waals surface area contributed by atoms with Crippen molar-refractivity contribution in [2.45, 2.75) is 52.4 Å². The predicted octanol–water partition coefficient (Wildman–Crippen LogP) is 18.9. The fraction of sp³-hybridized carbons (Fsp3) is 0.118. The molecule has 0 radical (unpaired) electrons. The Hall–Kier alpha value is -8.20. The molecule has 0 saturated heterocycles. The van der Waals surface area contributed by atoms with Gasteiger partial charge in [0.05, 0.1) is 0 Å². The van der Waals surface area contributed by atoms with Gasteiger partial charge in [0.2, 0.25) is 0 Å². The molecular formula is C68H56N2. The first-order valence-corrected chi connectivity index (χ1v) is 24.7. The van der Waals surface area contributed by atoms with Crippen molar-refractivity contribution in [2.24, 2.45) is 0 Å². The molecule has 12 rings (SSSR count). The number of benzene rings is 10. The summed E-state index contributed by atoms with van der Waals surface area (Å²) in [5.41, 5.74) is 27.3. The number of rotatable bonds is 9. The number of hydrogen-bond donors (Lipinski definition) is 0. The van der Waals surface area contributed by atoms with Gasteiger partial charge in [-0.2, -0.15) is 0 Å². The number of aryl methyl sites for hydroxylation is 2. The maximum atomic E-state index is 2.56. The lowest BCUT2D eigenvalue weighted by atomic mass is 9.79. The van der Waals surface area contributed by atoms with Gasteiger partial charge in [0.25, 0.3) is 0 Å². The third-order valence-electron chi connectivity index (χ3n) is 15.2. The molecule has 0 N–H and O–H groups in total. The van der Waals surface area contributed by atoms with Gasteiger partial charge in [-0.05, 0) is 194 Å². The second-order valence-corrected chi connectivity index (χ2v) is 20.3. The summed E-state index contributed by atoms with van der Waals surface area (Å²) in [4.78, 5) is 4.84. The van der Waals surface area contributed by atoms with Crippen LogP contribution < -0.4 is 9.80 Å². The molecule has 0 unspecified atom stereocenters. The van der Waals surface area contributed by atoms with E-state index < -0.39 is 0 Å². The average Bonchev–Trinajstić information content (AvgIpc) is 3.76. The van der Waals surface area contributed by atoms with Crippen molar-refractivity contribution in [3.8, 4) is 55.6 Å². The second-order valence-electron chi connectivity index (χ2n) is 20.3. The van der Waals surface area contributed by atoms with Gasteiger partial charge in [0.1, 0.15) is 0 Å². The van der Waals surface area contributed by atoms with E-state index in [-0.39, 0.29) is 10.8 Å². The van der Waals surface area contributed by atoms with Crippen LogP contribution in [-0.2, 0) is 10.8 Å². The Morgan fingerprint density at radius 3 is 0.971 bits per heavy atom. The van der Waals surface area contributed by atoms with Crippen molar-refractivity contribution < 1.29 is 0 Å². The van der Waals surface area contributed by atoms with Crippen LogP contribution in [0.4, 0.5) is 34.1 Å². The van der Waals surface area contributed by atoms with Crippen LogP contribution in [-0.4, -0.2) is 0 Å². The highest BCUT2D eigenvalue weighted by atomic mass is 15.1. The summed E-state index contributed by atoms with van der Waals surface area (Å²) < 4.78 is 0. The van der Waals surface area contributed by atoms with E-state index in [9.17, 15) is 0 Å². The Kier molecular flexibility index (Phi) is 10.3. The van der Waals surface area contributed by atoms with Gasteiger partial charge in [-0.25, -0.2) is 0 Å². The Morgan fingerprint density at radius 2 is 0.571 bits per heavy atom. The van der Waals surface area contributed by atoms with Crippen molar-refractivity contribution >= 4 is 34.1 Å². The molecule has 70 heavy (non-hydrogen) atoms. The maximum Gasteiger partial charge on any atom is 0.0467 e. The van der Waals surface area contributed by atoms with E-state index >= 15 is 0 Å². The third-order valence-corrected chi connectivity index (χ3v) is 15.2. The molecule has 2 heteroatoms. The van der Waals surface area contributed by atoms with Gasteiger partial charge in [-0.15, -0.1) is 0 Å². The normalized spacial score (nSPS) is 13.5. The van der Waals surface area contributed by atoms with E-state index in [1.54, 1.807) is 0 Å². The fourth-order valence-electron chi connectivity index (χ4n) is 11.6. The van der Waals surface area contributed by atoms with Crippen LogP contribution in [0.2, 0.25) is 0 Å². The van der Waals surface area contributed by atoms with Gasteiger partial charge in [-0.1, -0.05) is 167 Å². The molecule has 0 spiro atoms. The highest BCUT2D eigenvalue weighted by Crippen LogP contribution is 2.59. The summed E-state index contributed by atoms with van der Waals surface area (Å²) in [5.74, 6) is 0. The van der Waals surface area contributed by atoms with E-state index in [1.807, 2.05) is 0 Å². The Morgan fingerprint density at radius 1 is 0.257 bits per heavy atom. The monoisotopic (exact) mass is 900 g/mol. The van der Waals surface area contributed by atoms with Crippen molar-refractivity contribution in [3.63, 3.8) is 0 Å². The van der Waals surface area contributed by atoms with Crippen LogP contribution in [0.3, 0.4) is 0 Å². The summed E-state index contributed by atoms with van der Waals surface area (Å²) in [5, 5.41) is 0. The van der Waals surface area contributed by atoms with Gasteiger partial charge >= 0.3 is 0 Å². The smallest absolute Gasteiger partial charge is 0.0467 e. The lowest BCUT2D eigenvalue weighted by Gasteiger charge is -2.29. The Balaban J connectivity index is 0.917. The minimum absolute atomic E-state index is 0.222. The van der Waals surface area contributed by atoms with Gasteiger partial charge < -0.3 is 9.80 Å². The zero-order valence-electron chi connectivity index (χ0n) is 40.8. The van der Waals surface area contributed by atoms with Crippen molar-refractivity contribution in [3.05, 3.63) is 264 Å². The molecule has 0 heterocycles. The number of anilines is 6. The number of para-hydroxylation sites is 2. The standard InChI is InChI=1S/C68H56N2/c1-45-38-57(69(53-26-15-9-16-27-53)55-34-30-49(31-35-55)47-20-11-7-12-21-47)41-63-65(45)59-43-62-60(44-61(59)67(63,3)4)66-46(2)39-58(42-64(66)68(62,5)6)70(54-28-17-10-18-29-54)56-36-32-50(33-37-56)52-25-19-24-51(40-52)48-22-13-8-14-23-48/h7-44H,1-6H3. The second kappa shape index (κ2) is 16.8. The third kappa shape index (κ3) is 7.17. The summed E-state index contributed by atoms with van der Waals surface area (Å²) in [6.45, 7) is 14.3. The molecule has 0 saturated carbocycles. The van der Waals surface area contributed by atoms with Crippen LogP contribution in [0.5, 0.6) is 0 Å². The summed E-state index contributed by atoms with van der Waals surface area (Å²) in [6.07, 6.45) is 0. The zero-order valence-corrected chi connectivity index (χ0v) is 40.8. The minimum Gasteiger partial charge on any atom is -0.310 e. The quantitative estimate of drug-likeness (QED) is 0.142. The van der Waals surface area contributed by atoms with Gasteiger partial charge in [-0.3, -0.25) is 0 Å². The van der Waals surface area contributed by atoms with E-state index in [2.05, 4.69) is 282 Å². The molecule has 338 valence electrons. The fourth-order valence-corrected chi connectivity index (χ4v) is 11.6. The van der Waals surface area contributed by atoms with E-state index in [0.717, 1.165) is 22.7 Å². The van der Waals surface area contributed by atoms with Crippen LogP contribution in [0.25, 0.3) is 55.6 Å². The molecule has 2 aliphatic rings. The highest BCUT2D eigenvalue weighted by Gasteiger charge is 2.43. The van der Waals surface area contributed by atoms with Crippen LogP contribution in [0, 0.1) is 13.8 Å². The average molecular weight is 901 g/mol. The molecule has 0 aromatic heterocycles. The first kappa shape index (κ1) is 43.1. The minimum atomic E-state index is -0.229. The number of nitrogens with zero attached hydrogens (tertiary/aromatic N) is 2.